The van der Waals surface area contributed by atoms with Crippen LogP contribution in [0.1, 0.15) is 36.1 Å². The molecule has 5 rings (SSSR count). The standard InChI is InChI=1S/C22H18F2O2S/c23-13-6-7-15-18(11-13)27-22(21(25)12-3-1-4-12)19(15)16-8-9-17-14(20(16)24)5-2-10-26-17/h6-9,11,25H,1-5,10H2. The first-order chi connectivity index (χ1) is 13.1. The van der Waals surface area contributed by atoms with E-state index >= 15 is 4.39 Å². The number of hydrogen-bond donors (Lipinski definition) is 1. The third-order valence-electron chi connectivity index (χ3n) is 5.46. The Balaban J connectivity index is 1.80. The molecule has 2 aliphatic rings. The van der Waals surface area contributed by atoms with Crippen molar-refractivity contribution in [3.05, 3.63) is 58.0 Å². The monoisotopic (exact) mass is 384 g/mol. The van der Waals surface area contributed by atoms with Gasteiger partial charge in [-0.05, 0) is 68.0 Å². The van der Waals surface area contributed by atoms with Crippen molar-refractivity contribution in [1.82, 2.24) is 0 Å². The molecule has 1 fully saturated rings. The van der Waals surface area contributed by atoms with E-state index in [9.17, 15) is 9.50 Å². The van der Waals surface area contributed by atoms with Crippen LogP contribution in [0, 0.1) is 11.6 Å². The summed E-state index contributed by atoms with van der Waals surface area (Å²) in [5.74, 6) is 0.184. The lowest BCUT2D eigenvalue weighted by Crippen LogP contribution is -2.10. The quantitative estimate of drug-likeness (QED) is 0.503. The molecule has 3 aromatic rings. The van der Waals surface area contributed by atoms with Gasteiger partial charge in [0.15, 0.2) is 0 Å². The Labute approximate surface area is 159 Å². The fraction of sp³-hybridized carbons (Fsp3) is 0.273. The number of aliphatic hydroxyl groups excluding tert-OH is 1. The maximum absolute atomic E-state index is 15.4. The van der Waals surface area contributed by atoms with Crippen molar-refractivity contribution in [2.45, 2.75) is 32.1 Å². The Bertz CT molecular complexity index is 1090. The molecule has 27 heavy (non-hydrogen) atoms. The van der Waals surface area contributed by atoms with E-state index in [0.717, 1.165) is 36.6 Å². The first kappa shape index (κ1) is 16.8. The zero-order chi connectivity index (χ0) is 18.5. The molecule has 0 spiro atoms. The number of allylic oxidation sites excluding steroid dienone is 1. The number of halogens is 2. The van der Waals surface area contributed by atoms with E-state index in [2.05, 4.69) is 0 Å². The van der Waals surface area contributed by atoms with Gasteiger partial charge in [0.2, 0.25) is 0 Å². The number of thiophene rings is 1. The van der Waals surface area contributed by atoms with Gasteiger partial charge in [-0.25, -0.2) is 8.78 Å². The van der Waals surface area contributed by atoms with Crippen LogP contribution < -0.4 is 4.74 Å². The normalized spacial score (nSPS) is 16.0. The van der Waals surface area contributed by atoms with Gasteiger partial charge in [-0.2, -0.15) is 0 Å². The summed E-state index contributed by atoms with van der Waals surface area (Å²) < 4.78 is 35.5. The minimum atomic E-state index is -0.336. The zero-order valence-corrected chi connectivity index (χ0v) is 15.5. The molecule has 1 aliphatic heterocycles. The van der Waals surface area contributed by atoms with E-state index in [-0.39, 0.29) is 17.4 Å². The second-order valence-electron chi connectivity index (χ2n) is 7.11. The van der Waals surface area contributed by atoms with Crippen molar-refractivity contribution in [2.24, 2.45) is 0 Å². The average molecular weight is 384 g/mol. The molecule has 0 saturated heterocycles. The Morgan fingerprint density at radius 1 is 1.04 bits per heavy atom. The predicted molar refractivity (Wildman–Crippen MR) is 104 cm³/mol. The maximum atomic E-state index is 15.4. The molecule has 138 valence electrons. The highest BCUT2D eigenvalue weighted by Gasteiger charge is 2.26. The first-order valence-electron chi connectivity index (χ1n) is 9.21. The Morgan fingerprint density at radius 3 is 2.67 bits per heavy atom. The van der Waals surface area contributed by atoms with E-state index in [1.54, 1.807) is 18.2 Å². The Kier molecular flexibility index (Phi) is 3.93. The third-order valence-corrected chi connectivity index (χ3v) is 6.62. The van der Waals surface area contributed by atoms with Crippen LogP contribution in [0.25, 0.3) is 27.0 Å². The van der Waals surface area contributed by atoms with Crippen LogP contribution in [0.4, 0.5) is 8.78 Å². The zero-order valence-electron chi connectivity index (χ0n) is 14.6. The van der Waals surface area contributed by atoms with Gasteiger partial charge in [0, 0.05) is 26.8 Å². The molecule has 1 aliphatic carbocycles. The van der Waals surface area contributed by atoms with Gasteiger partial charge in [-0.15, -0.1) is 11.3 Å². The van der Waals surface area contributed by atoms with Crippen LogP contribution in [-0.2, 0) is 6.42 Å². The largest absolute Gasteiger partial charge is 0.506 e. The Morgan fingerprint density at radius 2 is 1.89 bits per heavy atom. The summed E-state index contributed by atoms with van der Waals surface area (Å²) in [6.07, 6.45) is 4.18. The summed E-state index contributed by atoms with van der Waals surface area (Å²) in [6, 6.07) is 8.03. The summed E-state index contributed by atoms with van der Waals surface area (Å²) in [7, 11) is 0. The number of fused-ring (bicyclic) bond motifs is 2. The molecule has 0 radical (unpaired) electrons. The fourth-order valence-corrected chi connectivity index (χ4v) is 5.09. The van der Waals surface area contributed by atoms with Gasteiger partial charge in [-0.3, -0.25) is 0 Å². The van der Waals surface area contributed by atoms with E-state index in [1.807, 2.05) is 0 Å². The van der Waals surface area contributed by atoms with Gasteiger partial charge >= 0.3 is 0 Å². The summed E-state index contributed by atoms with van der Waals surface area (Å²) in [6.45, 7) is 0.602. The highest BCUT2D eigenvalue weighted by molar-refractivity contribution is 7.20. The SMILES string of the molecule is OC(=C1CCC1)c1sc2cc(F)ccc2c1-c1ccc2c(c1F)CCCO2. The van der Waals surface area contributed by atoms with Crippen molar-refractivity contribution in [1.29, 1.82) is 0 Å². The van der Waals surface area contributed by atoms with Gasteiger partial charge in [0.25, 0.3) is 0 Å². The number of ether oxygens (including phenoxy) is 1. The van der Waals surface area contributed by atoms with Crippen molar-refractivity contribution < 1.29 is 18.6 Å². The van der Waals surface area contributed by atoms with E-state index in [4.69, 9.17) is 4.74 Å². The van der Waals surface area contributed by atoms with Crippen molar-refractivity contribution in [2.75, 3.05) is 6.61 Å². The lowest BCUT2D eigenvalue weighted by Gasteiger charge is -2.21. The minimum Gasteiger partial charge on any atom is -0.506 e. The molecule has 1 saturated carbocycles. The first-order valence-corrected chi connectivity index (χ1v) is 10.0. The van der Waals surface area contributed by atoms with Crippen molar-refractivity contribution in [3.8, 4) is 16.9 Å². The summed E-state index contributed by atoms with van der Waals surface area (Å²) in [5.41, 5.74) is 2.67. The van der Waals surface area contributed by atoms with Gasteiger partial charge in [-0.1, -0.05) is 0 Å². The van der Waals surface area contributed by atoms with Crippen molar-refractivity contribution >= 4 is 27.2 Å². The highest BCUT2D eigenvalue weighted by atomic mass is 32.1. The van der Waals surface area contributed by atoms with E-state index in [0.29, 0.717) is 45.0 Å². The lowest BCUT2D eigenvalue weighted by atomic mass is 9.89. The van der Waals surface area contributed by atoms with Gasteiger partial charge < -0.3 is 9.84 Å². The second-order valence-corrected chi connectivity index (χ2v) is 8.16. The van der Waals surface area contributed by atoms with Crippen molar-refractivity contribution in [3.63, 3.8) is 0 Å². The predicted octanol–water partition coefficient (Wildman–Crippen LogP) is 6.62. The minimum absolute atomic E-state index is 0.228. The smallest absolute Gasteiger partial charge is 0.137 e. The molecular weight excluding hydrogens is 366 g/mol. The maximum Gasteiger partial charge on any atom is 0.137 e. The highest BCUT2D eigenvalue weighted by Crippen LogP contribution is 2.47. The molecule has 1 N–H and O–H groups in total. The molecule has 0 atom stereocenters. The van der Waals surface area contributed by atoms with Crippen LogP contribution in [0.3, 0.4) is 0 Å². The number of aliphatic hydroxyl groups is 1. The van der Waals surface area contributed by atoms with Gasteiger partial charge in [0.1, 0.15) is 23.1 Å². The number of rotatable bonds is 2. The fourth-order valence-electron chi connectivity index (χ4n) is 3.85. The van der Waals surface area contributed by atoms with Crippen LogP contribution in [0.15, 0.2) is 35.9 Å². The molecule has 5 heteroatoms. The van der Waals surface area contributed by atoms with Gasteiger partial charge in [0.05, 0.1) is 11.5 Å². The second kappa shape index (κ2) is 6.34. The molecule has 0 amide bonds. The topological polar surface area (TPSA) is 29.5 Å². The van der Waals surface area contributed by atoms with E-state index in [1.165, 1.54) is 23.5 Å². The molecule has 1 aromatic heterocycles. The van der Waals surface area contributed by atoms with Crippen LogP contribution >= 0.6 is 11.3 Å². The van der Waals surface area contributed by atoms with Crippen LogP contribution in [-0.4, -0.2) is 11.7 Å². The Hall–Kier alpha value is -2.40. The summed E-state index contributed by atoms with van der Waals surface area (Å²) >= 11 is 1.32. The van der Waals surface area contributed by atoms with Crippen LogP contribution in [0.5, 0.6) is 5.75 Å². The molecule has 2 nitrogen and oxygen atoms in total. The molecule has 2 aromatic carbocycles. The third kappa shape index (κ3) is 2.64. The average Bonchev–Trinajstić information content (AvgIpc) is 2.99. The summed E-state index contributed by atoms with van der Waals surface area (Å²) in [5, 5.41) is 11.6. The van der Waals surface area contributed by atoms with E-state index < -0.39 is 0 Å². The summed E-state index contributed by atoms with van der Waals surface area (Å²) in [4.78, 5) is 0.626. The molecule has 0 bridgehead atoms. The lowest BCUT2D eigenvalue weighted by molar-refractivity contribution is 0.284. The molecule has 2 heterocycles. The number of hydrogen-bond acceptors (Lipinski definition) is 3. The molecular formula is C22H18F2O2S. The molecule has 0 unspecified atom stereocenters. The number of benzene rings is 2. The van der Waals surface area contributed by atoms with Crippen LogP contribution in [0.2, 0.25) is 0 Å².